The van der Waals surface area contributed by atoms with Crippen LogP contribution in [0.5, 0.6) is 5.88 Å². The van der Waals surface area contributed by atoms with Gasteiger partial charge in [-0.2, -0.15) is 0 Å². The number of rotatable bonds is 9. The van der Waals surface area contributed by atoms with Crippen molar-refractivity contribution in [2.75, 3.05) is 11.9 Å². The van der Waals surface area contributed by atoms with Gasteiger partial charge in [0.15, 0.2) is 0 Å². The number of hydrogen-bond donors (Lipinski definition) is 1. The molecule has 0 aromatic carbocycles. The molecule has 0 aliphatic rings. The van der Waals surface area contributed by atoms with E-state index < -0.39 is 0 Å². The van der Waals surface area contributed by atoms with Gasteiger partial charge in [-0.25, -0.2) is 9.97 Å². The molecule has 1 unspecified atom stereocenters. The maximum atomic E-state index is 5.90. The van der Waals surface area contributed by atoms with Gasteiger partial charge in [0, 0.05) is 18.4 Å². The molecule has 0 aliphatic carbocycles. The van der Waals surface area contributed by atoms with E-state index in [0.717, 1.165) is 17.9 Å². The van der Waals surface area contributed by atoms with Crippen molar-refractivity contribution in [3.8, 4) is 5.88 Å². The summed E-state index contributed by atoms with van der Waals surface area (Å²) in [5.41, 5.74) is 2.23. The number of anilines is 1. The summed E-state index contributed by atoms with van der Waals surface area (Å²) in [5.74, 6) is 2.26. The molecule has 2 aromatic heterocycles. The lowest BCUT2D eigenvalue weighted by molar-refractivity contribution is 0.220. The topological polar surface area (TPSA) is 59.9 Å². The molecule has 0 radical (unpaired) electrons. The fourth-order valence-electron chi connectivity index (χ4n) is 3.16. The lowest BCUT2D eigenvalue weighted by atomic mass is 9.78. The van der Waals surface area contributed by atoms with Crippen LogP contribution in [0.1, 0.15) is 72.1 Å². The second-order valence-electron chi connectivity index (χ2n) is 8.67. The van der Waals surface area contributed by atoms with E-state index in [4.69, 9.17) is 4.74 Å². The Labute approximate surface area is 164 Å². The van der Waals surface area contributed by atoms with Crippen LogP contribution in [0.25, 0.3) is 0 Å². The molecule has 1 atom stereocenters. The Hall–Kier alpha value is -2.17. The smallest absolute Gasteiger partial charge is 0.232 e. The SMILES string of the molecule is CC(COc1cncc(C(C)C)n1)CC(C)(C)c1ccc(NC(C)C)nc1. The van der Waals surface area contributed by atoms with Crippen molar-refractivity contribution in [1.82, 2.24) is 15.0 Å². The minimum Gasteiger partial charge on any atom is -0.476 e. The first-order valence-corrected chi connectivity index (χ1v) is 9.85. The summed E-state index contributed by atoms with van der Waals surface area (Å²) in [6.07, 6.45) is 6.47. The third kappa shape index (κ3) is 6.49. The fourth-order valence-corrected chi connectivity index (χ4v) is 3.16. The molecule has 0 saturated heterocycles. The van der Waals surface area contributed by atoms with Gasteiger partial charge in [0.05, 0.1) is 18.5 Å². The Bertz CT molecular complexity index is 711. The van der Waals surface area contributed by atoms with Crippen LogP contribution < -0.4 is 10.1 Å². The number of nitrogens with one attached hydrogen (secondary N) is 1. The van der Waals surface area contributed by atoms with Gasteiger partial charge in [0.2, 0.25) is 5.88 Å². The van der Waals surface area contributed by atoms with Gasteiger partial charge in [-0.05, 0) is 49.1 Å². The van der Waals surface area contributed by atoms with E-state index in [-0.39, 0.29) is 5.41 Å². The molecule has 0 saturated carbocycles. The van der Waals surface area contributed by atoms with Crippen molar-refractivity contribution in [3.05, 3.63) is 42.0 Å². The molecule has 2 heterocycles. The quantitative estimate of drug-likeness (QED) is 0.657. The van der Waals surface area contributed by atoms with E-state index in [9.17, 15) is 0 Å². The van der Waals surface area contributed by atoms with Gasteiger partial charge in [0.25, 0.3) is 0 Å². The molecule has 2 aromatic rings. The molecule has 0 bridgehead atoms. The van der Waals surface area contributed by atoms with Gasteiger partial charge in [-0.3, -0.25) is 4.98 Å². The van der Waals surface area contributed by atoms with Crippen LogP contribution in [0.2, 0.25) is 0 Å². The molecule has 1 N–H and O–H groups in total. The summed E-state index contributed by atoms with van der Waals surface area (Å²) in [6, 6.07) is 4.61. The number of ether oxygens (including phenoxy) is 1. The van der Waals surface area contributed by atoms with Gasteiger partial charge in [-0.15, -0.1) is 0 Å². The summed E-state index contributed by atoms with van der Waals surface area (Å²) >= 11 is 0. The average Bonchev–Trinajstić information content (AvgIpc) is 2.60. The minimum absolute atomic E-state index is 0.0254. The van der Waals surface area contributed by atoms with Crippen molar-refractivity contribution < 1.29 is 4.74 Å². The van der Waals surface area contributed by atoms with E-state index in [1.807, 2.05) is 6.20 Å². The third-order valence-corrected chi connectivity index (χ3v) is 4.58. The zero-order chi connectivity index (χ0) is 20.0. The van der Waals surface area contributed by atoms with Gasteiger partial charge < -0.3 is 10.1 Å². The van der Waals surface area contributed by atoms with E-state index >= 15 is 0 Å². The highest BCUT2D eigenvalue weighted by Gasteiger charge is 2.24. The van der Waals surface area contributed by atoms with Crippen LogP contribution in [0.15, 0.2) is 30.7 Å². The number of hydrogen-bond acceptors (Lipinski definition) is 5. The van der Waals surface area contributed by atoms with E-state index in [1.165, 1.54) is 5.56 Å². The molecule has 0 aliphatic heterocycles. The van der Waals surface area contributed by atoms with Crippen molar-refractivity contribution >= 4 is 5.82 Å². The van der Waals surface area contributed by atoms with Gasteiger partial charge >= 0.3 is 0 Å². The molecule has 2 rings (SSSR count). The molecular formula is C22H34N4O. The summed E-state index contributed by atoms with van der Waals surface area (Å²) < 4.78 is 5.90. The molecule has 0 amide bonds. The molecule has 148 valence electrons. The van der Waals surface area contributed by atoms with Crippen LogP contribution in [0, 0.1) is 5.92 Å². The molecule has 0 spiro atoms. The summed E-state index contributed by atoms with van der Waals surface area (Å²) in [4.78, 5) is 13.3. The summed E-state index contributed by atoms with van der Waals surface area (Å²) in [6.45, 7) is 15.8. The number of pyridine rings is 1. The third-order valence-electron chi connectivity index (χ3n) is 4.58. The van der Waals surface area contributed by atoms with Crippen LogP contribution >= 0.6 is 0 Å². The normalized spacial score (nSPS) is 13.1. The first-order valence-electron chi connectivity index (χ1n) is 9.85. The maximum Gasteiger partial charge on any atom is 0.232 e. The number of aromatic nitrogens is 3. The Balaban J connectivity index is 1.93. The first-order chi connectivity index (χ1) is 12.7. The van der Waals surface area contributed by atoms with Crippen LogP contribution in [0.3, 0.4) is 0 Å². The maximum absolute atomic E-state index is 5.90. The summed E-state index contributed by atoms with van der Waals surface area (Å²) in [7, 11) is 0. The highest BCUT2D eigenvalue weighted by Crippen LogP contribution is 2.31. The zero-order valence-electron chi connectivity index (χ0n) is 17.8. The summed E-state index contributed by atoms with van der Waals surface area (Å²) in [5, 5.41) is 3.33. The zero-order valence-corrected chi connectivity index (χ0v) is 17.8. The fraction of sp³-hybridized carbons (Fsp3) is 0.591. The average molecular weight is 371 g/mol. The number of nitrogens with zero attached hydrogens (tertiary/aromatic N) is 3. The van der Waals surface area contributed by atoms with Crippen molar-refractivity contribution in [1.29, 1.82) is 0 Å². The van der Waals surface area contributed by atoms with E-state index in [1.54, 1.807) is 12.4 Å². The predicted octanol–water partition coefficient (Wildman–Crippen LogP) is 5.20. The molecule has 5 nitrogen and oxygen atoms in total. The van der Waals surface area contributed by atoms with E-state index in [0.29, 0.717) is 30.4 Å². The molecule has 27 heavy (non-hydrogen) atoms. The second kappa shape index (κ2) is 9.16. The van der Waals surface area contributed by atoms with Crippen molar-refractivity contribution in [3.63, 3.8) is 0 Å². The lowest BCUT2D eigenvalue weighted by Crippen LogP contribution is -2.24. The Morgan fingerprint density at radius 3 is 2.37 bits per heavy atom. The Morgan fingerprint density at radius 1 is 1.04 bits per heavy atom. The lowest BCUT2D eigenvalue weighted by Gasteiger charge is -2.28. The van der Waals surface area contributed by atoms with Gasteiger partial charge in [0.1, 0.15) is 5.82 Å². The van der Waals surface area contributed by atoms with E-state index in [2.05, 4.69) is 80.9 Å². The Morgan fingerprint density at radius 2 is 1.78 bits per heavy atom. The standard InChI is InChI=1S/C22H34N4O/c1-15(2)19-12-23-13-21(26-19)27-14-17(5)10-22(6,7)18-8-9-20(24-11-18)25-16(3)4/h8-9,11-13,15-17H,10,14H2,1-7H3,(H,24,25). The predicted molar refractivity (Wildman–Crippen MR) is 111 cm³/mol. The highest BCUT2D eigenvalue weighted by molar-refractivity contribution is 5.37. The molecule has 5 heteroatoms. The van der Waals surface area contributed by atoms with Gasteiger partial charge in [-0.1, -0.05) is 40.7 Å². The van der Waals surface area contributed by atoms with Crippen LogP contribution in [0.4, 0.5) is 5.82 Å². The molecule has 0 fully saturated rings. The minimum atomic E-state index is 0.0254. The molecular weight excluding hydrogens is 336 g/mol. The van der Waals surface area contributed by atoms with Crippen LogP contribution in [-0.4, -0.2) is 27.6 Å². The van der Waals surface area contributed by atoms with Crippen LogP contribution in [-0.2, 0) is 5.41 Å². The highest BCUT2D eigenvalue weighted by atomic mass is 16.5. The Kier molecular flexibility index (Phi) is 7.17. The largest absolute Gasteiger partial charge is 0.476 e. The first kappa shape index (κ1) is 21.1. The second-order valence-corrected chi connectivity index (χ2v) is 8.67. The van der Waals surface area contributed by atoms with Crippen molar-refractivity contribution in [2.24, 2.45) is 5.92 Å². The monoisotopic (exact) mass is 370 g/mol. The van der Waals surface area contributed by atoms with Crippen molar-refractivity contribution in [2.45, 2.75) is 72.3 Å².